The molecule has 0 aromatic rings. The summed E-state index contributed by atoms with van der Waals surface area (Å²) in [5.74, 6) is 2.30. The maximum atomic E-state index is 5.56. The van der Waals surface area contributed by atoms with E-state index in [4.69, 9.17) is 10.5 Å². The molecule has 0 radical (unpaired) electrons. The predicted octanol–water partition coefficient (Wildman–Crippen LogP) is 2.27. The lowest BCUT2D eigenvalue weighted by Crippen LogP contribution is -2.26. The minimum atomic E-state index is 0.261. The fourth-order valence-corrected chi connectivity index (χ4v) is 2.16. The number of nitrogens with two attached hydrogens (primary N) is 1. The molecule has 0 aromatic heterocycles. The molecule has 0 saturated heterocycles. The average Bonchev–Trinajstić information content (AvgIpc) is 2.16. The van der Waals surface area contributed by atoms with Crippen LogP contribution in [0.4, 0.5) is 0 Å². The standard InChI is InChI=1S/C10H23NOS/c1-3-5-6-7-13-9-10(8-11)12-4-2/h10H,3-9,11H2,1-2H3. The van der Waals surface area contributed by atoms with Crippen molar-refractivity contribution in [2.75, 3.05) is 24.7 Å². The maximum Gasteiger partial charge on any atom is 0.0787 e. The zero-order valence-corrected chi connectivity index (χ0v) is 9.74. The third kappa shape index (κ3) is 8.60. The molecule has 0 rings (SSSR count). The Morgan fingerprint density at radius 1 is 1.31 bits per heavy atom. The van der Waals surface area contributed by atoms with Gasteiger partial charge in [-0.2, -0.15) is 11.8 Å². The van der Waals surface area contributed by atoms with Gasteiger partial charge in [-0.25, -0.2) is 0 Å². The third-order valence-corrected chi connectivity index (χ3v) is 3.05. The molecule has 0 saturated carbocycles. The van der Waals surface area contributed by atoms with Crippen LogP contribution in [0, 0.1) is 0 Å². The Balaban J connectivity index is 3.17. The Morgan fingerprint density at radius 3 is 2.62 bits per heavy atom. The number of hydrogen-bond donors (Lipinski definition) is 1. The van der Waals surface area contributed by atoms with E-state index in [0.29, 0.717) is 6.54 Å². The van der Waals surface area contributed by atoms with Gasteiger partial charge in [0.15, 0.2) is 0 Å². The van der Waals surface area contributed by atoms with Crippen molar-refractivity contribution in [1.29, 1.82) is 0 Å². The van der Waals surface area contributed by atoms with Crippen LogP contribution in [0.5, 0.6) is 0 Å². The lowest BCUT2D eigenvalue weighted by atomic mass is 10.3. The lowest BCUT2D eigenvalue weighted by molar-refractivity contribution is 0.0858. The van der Waals surface area contributed by atoms with Crippen LogP contribution in [0.25, 0.3) is 0 Å². The molecule has 3 heteroatoms. The van der Waals surface area contributed by atoms with Crippen molar-refractivity contribution in [2.24, 2.45) is 5.73 Å². The molecule has 1 atom stereocenters. The van der Waals surface area contributed by atoms with Gasteiger partial charge in [0.05, 0.1) is 6.10 Å². The first-order valence-corrected chi connectivity index (χ1v) is 6.40. The first-order valence-electron chi connectivity index (χ1n) is 5.24. The van der Waals surface area contributed by atoms with E-state index >= 15 is 0 Å². The summed E-state index contributed by atoms with van der Waals surface area (Å²) in [5.41, 5.74) is 5.56. The van der Waals surface area contributed by atoms with Crippen molar-refractivity contribution >= 4 is 11.8 Å². The summed E-state index contributed by atoms with van der Waals surface area (Å²) in [6.45, 7) is 5.67. The fourth-order valence-electron chi connectivity index (χ4n) is 1.09. The molecular weight excluding hydrogens is 182 g/mol. The second-order valence-electron chi connectivity index (χ2n) is 3.10. The van der Waals surface area contributed by atoms with Gasteiger partial charge in [-0.15, -0.1) is 0 Å². The smallest absolute Gasteiger partial charge is 0.0787 e. The van der Waals surface area contributed by atoms with Crippen molar-refractivity contribution in [3.8, 4) is 0 Å². The van der Waals surface area contributed by atoms with Gasteiger partial charge < -0.3 is 10.5 Å². The van der Waals surface area contributed by atoms with Crippen molar-refractivity contribution in [3.05, 3.63) is 0 Å². The summed E-state index contributed by atoms with van der Waals surface area (Å²) in [6, 6.07) is 0. The van der Waals surface area contributed by atoms with Gasteiger partial charge in [0.1, 0.15) is 0 Å². The van der Waals surface area contributed by atoms with Gasteiger partial charge in [-0.05, 0) is 19.1 Å². The second-order valence-corrected chi connectivity index (χ2v) is 4.24. The normalized spacial score (nSPS) is 13.2. The Kier molecular flexibility index (Phi) is 10.6. The number of ether oxygens (including phenoxy) is 1. The van der Waals surface area contributed by atoms with E-state index in [1.165, 1.54) is 25.0 Å². The SMILES string of the molecule is CCCCCSCC(CN)OCC. The largest absolute Gasteiger partial charge is 0.376 e. The minimum Gasteiger partial charge on any atom is -0.376 e. The first kappa shape index (κ1) is 13.3. The molecule has 0 aliphatic carbocycles. The topological polar surface area (TPSA) is 35.2 Å². The van der Waals surface area contributed by atoms with Crippen LogP contribution in [0.1, 0.15) is 33.1 Å². The maximum absolute atomic E-state index is 5.56. The third-order valence-electron chi connectivity index (χ3n) is 1.86. The van der Waals surface area contributed by atoms with Crippen LogP contribution >= 0.6 is 11.8 Å². The highest BCUT2D eigenvalue weighted by atomic mass is 32.2. The minimum absolute atomic E-state index is 0.261. The van der Waals surface area contributed by atoms with E-state index in [0.717, 1.165) is 12.4 Å². The van der Waals surface area contributed by atoms with Crippen LogP contribution in [0.2, 0.25) is 0 Å². The number of thioether (sulfide) groups is 1. The van der Waals surface area contributed by atoms with Crippen LogP contribution in [0.3, 0.4) is 0 Å². The molecule has 0 aliphatic rings. The molecule has 2 nitrogen and oxygen atoms in total. The van der Waals surface area contributed by atoms with Gasteiger partial charge >= 0.3 is 0 Å². The molecule has 13 heavy (non-hydrogen) atoms. The van der Waals surface area contributed by atoms with Crippen LogP contribution in [-0.2, 0) is 4.74 Å². The van der Waals surface area contributed by atoms with Crippen molar-refractivity contribution in [3.63, 3.8) is 0 Å². The van der Waals surface area contributed by atoms with E-state index in [9.17, 15) is 0 Å². The van der Waals surface area contributed by atoms with Gasteiger partial charge in [0.25, 0.3) is 0 Å². The van der Waals surface area contributed by atoms with E-state index in [1.54, 1.807) is 0 Å². The van der Waals surface area contributed by atoms with E-state index in [1.807, 2.05) is 18.7 Å². The van der Waals surface area contributed by atoms with Gasteiger partial charge in [-0.3, -0.25) is 0 Å². The molecule has 0 spiro atoms. The molecule has 2 N–H and O–H groups in total. The Morgan fingerprint density at radius 2 is 2.08 bits per heavy atom. The first-order chi connectivity index (χ1) is 6.35. The summed E-state index contributed by atoms with van der Waals surface area (Å²) in [5, 5.41) is 0. The number of rotatable bonds is 9. The molecule has 0 heterocycles. The molecule has 80 valence electrons. The number of unbranched alkanes of at least 4 members (excludes halogenated alkanes) is 2. The highest BCUT2D eigenvalue weighted by Gasteiger charge is 2.04. The van der Waals surface area contributed by atoms with Crippen LogP contribution < -0.4 is 5.73 Å². The monoisotopic (exact) mass is 205 g/mol. The summed E-state index contributed by atoms with van der Waals surface area (Å²) >= 11 is 1.96. The Labute approximate surface area is 86.6 Å². The predicted molar refractivity (Wildman–Crippen MR) is 61.3 cm³/mol. The molecule has 1 unspecified atom stereocenters. The van der Waals surface area contributed by atoms with Crippen molar-refractivity contribution in [2.45, 2.75) is 39.2 Å². The van der Waals surface area contributed by atoms with Gasteiger partial charge in [0, 0.05) is 18.9 Å². The second kappa shape index (κ2) is 10.4. The van der Waals surface area contributed by atoms with Crippen molar-refractivity contribution < 1.29 is 4.74 Å². The summed E-state index contributed by atoms with van der Waals surface area (Å²) < 4.78 is 5.45. The van der Waals surface area contributed by atoms with E-state index < -0.39 is 0 Å². The van der Waals surface area contributed by atoms with Crippen molar-refractivity contribution in [1.82, 2.24) is 0 Å². The fraction of sp³-hybridized carbons (Fsp3) is 1.00. The highest BCUT2D eigenvalue weighted by Crippen LogP contribution is 2.09. The van der Waals surface area contributed by atoms with Gasteiger partial charge in [0.2, 0.25) is 0 Å². The number of hydrogen-bond acceptors (Lipinski definition) is 3. The molecule has 0 aliphatic heterocycles. The molecule has 0 fully saturated rings. The van der Waals surface area contributed by atoms with E-state index in [-0.39, 0.29) is 6.10 Å². The van der Waals surface area contributed by atoms with E-state index in [2.05, 4.69) is 6.92 Å². The molecule has 0 aromatic carbocycles. The summed E-state index contributed by atoms with van der Waals surface area (Å²) in [4.78, 5) is 0. The van der Waals surface area contributed by atoms with Crippen LogP contribution in [-0.4, -0.2) is 30.8 Å². The zero-order valence-electron chi connectivity index (χ0n) is 8.92. The molecule has 0 bridgehead atoms. The quantitative estimate of drug-likeness (QED) is 0.587. The molecular formula is C10H23NOS. The Hall–Kier alpha value is 0.270. The Bertz CT molecular complexity index is 101. The zero-order chi connectivity index (χ0) is 9.94. The van der Waals surface area contributed by atoms with Gasteiger partial charge in [-0.1, -0.05) is 19.8 Å². The molecule has 0 amide bonds. The lowest BCUT2D eigenvalue weighted by Gasteiger charge is -2.13. The highest BCUT2D eigenvalue weighted by molar-refractivity contribution is 7.99. The summed E-state index contributed by atoms with van der Waals surface area (Å²) in [6.07, 6.45) is 4.22. The average molecular weight is 205 g/mol. The van der Waals surface area contributed by atoms with Crippen LogP contribution in [0.15, 0.2) is 0 Å². The summed E-state index contributed by atoms with van der Waals surface area (Å²) in [7, 11) is 0.